The molecule has 0 saturated carbocycles. The van der Waals surface area contributed by atoms with Crippen LogP contribution in [0.15, 0.2) is 48.5 Å². The van der Waals surface area contributed by atoms with E-state index >= 15 is 0 Å². The lowest BCUT2D eigenvalue weighted by Gasteiger charge is -2.17. The van der Waals surface area contributed by atoms with E-state index in [1.807, 2.05) is 38.1 Å². The first kappa shape index (κ1) is 14.2. The van der Waals surface area contributed by atoms with Crippen molar-refractivity contribution >= 4 is 22.4 Å². The van der Waals surface area contributed by atoms with Gasteiger partial charge in [-0.2, -0.15) is 0 Å². The summed E-state index contributed by atoms with van der Waals surface area (Å²) in [7, 11) is 0. The number of pyridine rings is 1. The van der Waals surface area contributed by atoms with Gasteiger partial charge < -0.3 is 16.2 Å². The molecule has 0 saturated heterocycles. The van der Waals surface area contributed by atoms with Gasteiger partial charge in [0.05, 0.1) is 6.10 Å². The van der Waals surface area contributed by atoms with E-state index in [1.54, 1.807) is 6.07 Å². The van der Waals surface area contributed by atoms with E-state index in [2.05, 4.69) is 23.2 Å². The maximum Gasteiger partial charge on any atom is 0.133 e. The molecule has 0 radical (unpaired) electrons. The summed E-state index contributed by atoms with van der Waals surface area (Å²) in [5.41, 5.74) is 13.6. The number of nitrogens with two attached hydrogens (primary N) is 2. The molecule has 0 fully saturated rings. The molecule has 4 N–H and O–H groups in total. The predicted molar refractivity (Wildman–Crippen MR) is 91.8 cm³/mol. The first-order valence-electron chi connectivity index (χ1n) is 7.27. The summed E-state index contributed by atoms with van der Waals surface area (Å²) in [4.78, 5) is 4.18. The van der Waals surface area contributed by atoms with Gasteiger partial charge in [-0.05, 0) is 42.8 Å². The van der Waals surface area contributed by atoms with Crippen LogP contribution in [-0.4, -0.2) is 11.1 Å². The van der Waals surface area contributed by atoms with Crippen molar-refractivity contribution < 1.29 is 4.74 Å². The fourth-order valence-electron chi connectivity index (χ4n) is 2.58. The van der Waals surface area contributed by atoms with E-state index in [4.69, 9.17) is 16.2 Å². The standard InChI is InChI=1S/C18H19N3O/c1-11(2)22-15-9-7-12-5-3-4-6-13(12)17(15)14-8-10-16(19)21-18(14)20/h3-11H,1-2H3,(H4,19,20,21). The Morgan fingerprint density at radius 2 is 1.73 bits per heavy atom. The van der Waals surface area contributed by atoms with Gasteiger partial charge in [-0.1, -0.05) is 30.3 Å². The fraction of sp³-hybridized carbons (Fsp3) is 0.167. The Kier molecular flexibility index (Phi) is 3.59. The number of hydrogen-bond donors (Lipinski definition) is 2. The number of aromatic nitrogens is 1. The first-order chi connectivity index (χ1) is 10.6. The molecule has 4 heteroatoms. The summed E-state index contributed by atoms with van der Waals surface area (Å²) in [5, 5.41) is 2.21. The van der Waals surface area contributed by atoms with Crippen molar-refractivity contribution in [1.82, 2.24) is 4.98 Å². The molecule has 0 aliphatic heterocycles. The molecule has 0 spiro atoms. The zero-order valence-electron chi connectivity index (χ0n) is 12.7. The SMILES string of the molecule is CC(C)Oc1ccc2ccccc2c1-c1ccc(N)nc1N. The van der Waals surface area contributed by atoms with E-state index in [1.165, 1.54) is 0 Å². The van der Waals surface area contributed by atoms with Gasteiger partial charge in [-0.25, -0.2) is 4.98 Å². The Hall–Kier alpha value is -2.75. The monoisotopic (exact) mass is 293 g/mol. The lowest BCUT2D eigenvalue weighted by atomic mass is 9.97. The second kappa shape index (κ2) is 5.56. The average molecular weight is 293 g/mol. The van der Waals surface area contributed by atoms with E-state index in [0.29, 0.717) is 11.6 Å². The number of ether oxygens (including phenoxy) is 1. The second-order valence-electron chi connectivity index (χ2n) is 5.50. The molecule has 0 bridgehead atoms. The third-order valence-electron chi connectivity index (χ3n) is 3.47. The Bertz CT molecular complexity index is 828. The van der Waals surface area contributed by atoms with Crippen molar-refractivity contribution in [2.24, 2.45) is 0 Å². The number of hydrogen-bond acceptors (Lipinski definition) is 4. The van der Waals surface area contributed by atoms with Crippen LogP contribution in [0.5, 0.6) is 5.75 Å². The highest BCUT2D eigenvalue weighted by molar-refractivity contribution is 6.01. The van der Waals surface area contributed by atoms with Crippen LogP contribution in [0.25, 0.3) is 21.9 Å². The number of anilines is 2. The minimum absolute atomic E-state index is 0.0721. The largest absolute Gasteiger partial charge is 0.490 e. The van der Waals surface area contributed by atoms with E-state index in [9.17, 15) is 0 Å². The molecule has 3 rings (SSSR count). The third-order valence-corrected chi connectivity index (χ3v) is 3.47. The minimum atomic E-state index is 0.0721. The molecular weight excluding hydrogens is 274 g/mol. The lowest BCUT2D eigenvalue weighted by molar-refractivity contribution is 0.244. The smallest absolute Gasteiger partial charge is 0.133 e. The number of nitrogen functional groups attached to an aromatic ring is 2. The predicted octanol–water partition coefficient (Wildman–Crippen LogP) is 3.85. The summed E-state index contributed by atoms with van der Waals surface area (Å²) in [5.74, 6) is 1.62. The van der Waals surface area contributed by atoms with Gasteiger partial charge in [0, 0.05) is 11.1 Å². The van der Waals surface area contributed by atoms with Crippen molar-refractivity contribution in [1.29, 1.82) is 0 Å². The molecule has 3 aromatic rings. The molecular formula is C18H19N3O. The molecule has 4 nitrogen and oxygen atoms in total. The van der Waals surface area contributed by atoms with Crippen LogP contribution in [0.3, 0.4) is 0 Å². The number of nitrogens with zero attached hydrogens (tertiary/aromatic N) is 1. The van der Waals surface area contributed by atoms with E-state index < -0.39 is 0 Å². The molecule has 1 aromatic heterocycles. The highest BCUT2D eigenvalue weighted by atomic mass is 16.5. The molecule has 0 amide bonds. The summed E-state index contributed by atoms with van der Waals surface area (Å²) in [6, 6.07) is 15.8. The lowest BCUT2D eigenvalue weighted by Crippen LogP contribution is -2.07. The van der Waals surface area contributed by atoms with Crippen molar-refractivity contribution in [3.8, 4) is 16.9 Å². The number of rotatable bonds is 3. The molecule has 0 aliphatic carbocycles. The fourth-order valence-corrected chi connectivity index (χ4v) is 2.58. The zero-order valence-corrected chi connectivity index (χ0v) is 12.7. The molecule has 1 heterocycles. The van der Waals surface area contributed by atoms with Crippen LogP contribution in [-0.2, 0) is 0 Å². The van der Waals surface area contributed by atoms with Crippen LogP contribution in [0.2, 0.25) is 0 Å². The Morgan fingerprint density at radius 1 is 0.955 bits per heavy atom. The van der Waals surface area contributed by atoms with Gasteiger partial charge in [-0.3, -0.25) is 0 Å². The summed E-state index contributed by atoms with van der Waals surface area (Å²) >= 11 is 0. The van der Waals surface area contributed by atoms with Crippen LogP contribution in [0.1, 0.15) is 13.8 Å². The molecule has 0 unspecified atom stereocenters. The highest BCUT2D eigenvalue weighted by Crippen LogP contribution is 2.39. The minimum Gasteiger partial charge on any atom is -0.490 e. The van der Waals surface area contributed by atoms with Crippen LogP contribution in [0, 0.1) is 0 Å². The zero-order chi connectivity index (χ0) is 15.7. The normalized spacial score (nSPS) is 11.0. The van der Waals surface area contributed by atoms with Crippen LogP contribution in [0.4, 0.5) is 11.6 Å². The van der Waals surface area contributed by atoms with Crippen molar-refractivity contribution in [2.75, 3.05) is 11.5 Å². The molecule has 0 aliphatic rings. The molecule has 2 aromatic carbocycles. The van der Waals surface area contributed by atoms with Gasteiger partial charge in [0.2, 0.25) is 0 Å². The summed E-state index contributed by atoms with van der Waals surface area (Å²) in [6.07, 6.45) is 0.0721. The van der Waals surface area contributed by atoms with E-state index in [0.717, 1.165) is 27.6 Å². The Labute approximate surface area is 129 Å². The summed E-state index contributed by atoms with van der Waals surface area (Å²) in [6.45, 7) is 4.01. The maximum absolute atomic E-state index is 6.10. The maximum atomic E-state index is 6.10. The van der Waals surface area contributed by atoms with Gasteiger partial charge in [0.15, 0.2) is 0 Å². The first-order valence-corrected chi connectivity index (χ1v) is 7.27. The topological polar surface area (TPSA) is 74.2 Å². The second-order valence-corrected chi connectivity index (χ2v) is 5.50. The van der Waals surface area contributed by atoms with Crippen molar-refractivity contribution in [3.63, 3.8) is 0 Å². The number of benzene rings is 2. The molecule has 112 valence electrons. The quantitative estimate of drug-likeness (QED) is 0.769. The number of fused-ring (bicyclic) bond motifs is 1. The van der Waals surface area contributed by atoms with Gasteiger partial charge in [-0.15, -0.1) is 0 Å². The molecule has 22 heavy (non-hydrogen) atoms. The van der Waals surface area contributed by atoms with Crippen LogP contribution < -0.4 is 16.2 Å². The average Bonchev–Trinajstić information content (AvgIpc) is 2.47. The van der Waals surface area contributed by atoms with Gasteiger partial charge in [0.1, 0.15) is 17.4 Å². The summed E-state index contributed by atoms with van der Waals surface area (Å²) < 4.78 is 5.98. The van der Waals surface area contributed by atoms with Gasteiger partial charge in [0.25, 0.3) is 0 Å². The van der Waals surface area contributed by atoms with Crippen molar-refractivity contribution in [3.05, 3.63) is 48.5 Å². The van der Waals surface area contributed by atoms with Crippen molar-refractivity contribution in [2.45, 2.75) is 20.0 Å². The van der Waals surface area contributed by atoms with E-state index in [-0.39, 0.29) is 6.10 Å². The third kappa shape index (κ3) is 2.55. The highest BCUT2D eigenvalue weighted by Gasteiger charge is 2.15. The molecule has 0 atom stereocenters. The Morgan fingerprint density at radius 3 is 2.45 bits per heavy atom. The van der Waals surface area contributed by atoms with Crippen LogP contribution >= 0.6 is 0 Å². The van der Waals surface area contributed by atoms with Gasteiger partial charge >= 0.3 is 0 Å². The Balaban J connectivity index is 2.32.